The number of aromatic nitrogens is 2. The first-order valence-electron chi connectivity index (χ1n) is 9.11. The molecule has 1 aliphatic heterocycles. The van der Waals surface area contributed by atoms with E-state index in [-0.39, 0.29) is 36.6 Å². The van der Waals surface area contributed by atoms with Gasteiger partial charge in [0.2, 0.25) is 0 Å². The first kappa shape index (κ1) is 24.9. The molecule has 0 bridgehead atoms. The van der Waals surface area contributed by atoms with E-state index >= 15 is 0 Å². The molecule has 8 nitrogen and oxygen atoms in total. The van der Waals surface area contributed by atoms with Gasteiger partial charge in [-0.05, 0) is 31.8 Å². The van der Waals surface area contributed by atoms with Gasteiger partial charge in [0.15, 0.2) is 5.69 Å². The summed E-state index contributed by atoms with van der Waals surface area (Å²) >= 11 is 0. The van der Waals surface area contributed by atoms with Gasteiger partial charge in [0.1, 0.15) is 0 Å². The summed E-state index contributed by atoms with van der Waals surface area (Å²) in [4.78, 5) is 26.5. The molecule has 2 aromatic rings. The van der Waals surface area contributed by atoms with Crippen LogP contribution in [0, 0.1) is 0 Å². The minimum atomic E-state index is -0.193. The normalized spacial score (nSPS) is 12.4. The maximum atomic E-state index is 12.4. The van der Waals surface area contributed by atoms with Crippen LogP contribution in [0.15, 0.2) is 24.3 Å². The highest BCUT2D eigenvalue weighted by atomic mass is 35.5. The van der Waals surface area contributed by atoms with Crippen molar-refractivity contribution in [1.29, 1.82) is 0 Å². The molecule has 1 aromatic carbocycles. The van der Waals surface area contributed by atoms with Gasteiger partial charge in [-0.2, -0.15) is 5.10 Å². The Kier molecular flexibility index (Phi) is 10.1. The molecule has 0 saturated carbocycles. The number of amides is 2. The maximum absolute atomic E-state index is 12.4. The van der Waals surface area contributed by atoms with Gasteiger partial charge in [0.25, 0.3) is 11.8 Å². The number of carbonyl (C=O) groups is 2. The highest BCUT2D eigenvalue weighted by molar-refractivity contribution is 5.94. The lowest BCUT2D eigenvalue weighted by atomic mass is 10.1. The van der Waals surface area contributed by atoms with E-state index < -0.39 is 0 Å². The minimum absolute atomic E-state index is 0. The van der Waals surface area contributed by atoms with E-state index in [0.717, 1.165) is 36.3 Å². The van der Waals surface area contributed by atoms with Crippen LogP contribution in [0.5, 0.6) is 0 Å². The number of nitrogens with one attached hydrogen (secondary N) is 4. The fraction of sp³-hybridized carbons (Fsp3) is 0.421. The van der Waals surface area contributed by atoms with Gasteiger partial charge in [-0.1, -0.05) is 12.1 Å². The smallest absolute Gasteiger partial charge is 0.272 e. The summed E-state index contributed by atoms with van der Waals surface area (Å²) in [7, 11) is 3.93. The zero-order valence-corrected chi connectivity index (χ0v) is 18.2. The van der Waals surface area contributed by atoms with Crippen LogP contribution in [0.3, 0.4) is 0 Å². The molecule has 0 radical (unpaired) electrons. The second-order valence-corrected chi connectivity index (χ2v) is 6.89. The van der Waals surface area contributed by atoms with Gasteiger partial charge in [0, 0.05) is 56.0 Å². The average molecular weight is 443 g/mol. The Morgan fingerprint density at radius 3 is 2.52 bits per heavy atom. The molecule has 0 unspecified atom stereocenters. The monoisotopic (exact) mass is 442 g/mol. The molecule has 1 aromatic heterocycles. The molecule has 3 rings (SSSR count). The Morgan fingerprint density at radius 1 is 1.10 bits per heavy atom. The molecule has 2 amide bonds. The third-order valence-electron chi connectivity index (χ3n) is 4.54. The standard InChI is InChI=1S/C19H26N6O2.2ClH/c1-25(2)10-9-21-18(26)14-5-3-13(4-6-14)11-22-19(27)17-15-12-20-8-7-16(15)23-24-17;;/h3-6,20H,7-12H2,1-2H3,(H,21,26)(H,22,27)(H,23,24);2*1H. The molecule has 160 valence electrons. The number of fused-ring (bicyclic) bond motifs is 1. The number of hydrogen-bond acceptors (Lipinski definition) is 5. The van der Waals surface area contributed by atoms with Crippen LogP contribution in [0.1, 0.15) is 37.7 Å². The van der Waals surface area contributed by atoms with Crippen LogP contribution in [0.2, 0.25) is 0 Å². The summed E-state index contributed by atoms with van der Waals surface area (Å²) in [6.07, 6.45) is 0.855. The van der Waals surface area contributed by atoms with E-state index in [1.165, 1.54) is 0 Å². The molecule has 2 heterocycles. The Balaban J connectivity index is 0.00000210. The number of carbonyl (C=O) groups excluding carboxylic acids is 2. The number of aromatic amines is 1. The van der Waals surface area contributed by atoms with E-state index in [1.807, 2.05) is 31.1 Å². The van der Waals surface area contributed by atoms with E-state index in [1.54, 1.807) is 12.1 Å². The largest absolute Gasteiger partial charge is 0.351 e. The maximum Gasteiger partial charge on any atom is 0.272 e. The molecule has 0 aliphatic carbocycles. The third kappa shape index (κ3) is 6.71. The van der Waals surface area contributed by atoms with E-state index in [0.29, 0.717) is 30.9 Å². The van der Waals surface area contributed by atoms with Crippen molar-refractivity contribution in [2.24, 2.45) is 0 Å². The van der Waals surface area contributed by atoms with Crippen LogP contribution in [0.4, 0.5) is 0 Å². The first-order chi connectivity index (χ1) is 13.0. The number of hydrogen-bond donors (Lipinski definition) is 4. The SMILES string of the molecule is CN(C)CCNC(=O)c1ccc(CNC(=O)c2n[nH]c3c2CNCC3)cc1.Cl.Cl. The summed E-state index contributed by atoms with van der Waals surface area (Å²) in [6.45, 7) is 3.34. The summed E-state index contributed by atoms with van der Waals surface area (Å²) in [5, 5.41) is 16.1. The Hall–Kier alpha value is -2.13. The third-order valence-corrected chi connectivity index (χ3v) is 4.54. The lowest BCUT2D eigenvalue weighted by molar-refractivity contribution is 0.0938. The van der Waals surface area contributed by atoms with E-state index in [4.69, 9.17) is 0 Å². The Bertz CT molecular complexity index is 808. The fourth-order valence-electron chi connectivity index (χ4n) is 2.95. The highest BCUT2D eigenvalue weighted by Crippen LogP contribution is 2.15. The Labute approximate surface area is 183 Å². The quantitative estimate of drug-likeness (QED) is 0.514. The van der Waals surface area contributed by atoms with Gasteiger partial charge in [-0.25, -0.2) is 0 Å². The number of nitrogens with zero attached hydrogens (tertiary/aromatic N) is 2. The fourth-order valence-corrected chi connectivity index (χ4v) is 2.95. The number of H-pyrrole nitrogens is 1. The topological polar surface area (TPSA) is 102 Å². The predicted molar refractivity (Wildman–Crippen MR) is 117 cm³/mol. The molecule has 10 heteroatoms. The predicted octanol–water partition coefficient (Wildman–Crippen LogP) is 1.12. The Morgan fingerprint density at radius 2 is 1.83 bits per heavy atom. The molecule has 4 N–H and O–H groups in total. The van der Waals surface area contributed by atoms with Crippen molar-refractivity contribution in [3.63, 3.8) is 0 Å². The van der Waals surface area contributed by atoms with Crippen molar-refractivity contribution < 1.29 is 9.59 Å². The van der Waals surface area contributed by atoms with Crippen molar-refractivity contribution >= 4 is 36.6 Å². The molecule has 0 atom stereocenters. The second-order valence-electron chi connectivity index (χ2n) is 6.89. The summed E-state index contributed by atoms with van der Waals surface area (Å²) in [5.41, 5.74) is 3.97. The van der Waals surface area contributed by atoms with Gasteiger partial charge in [-0.15, -0.1) is 24.8 Å². The summed E-state index contributed by atoms with van der Waals surface area (Å²) in [5.74, 6) is -0.287. The highest BCUT2D eigenvalue weighted by Gasteiger charge is 2.21. The molecule has 29 heavy (non-hydrogen) atoms. The van der Waals surface area contributed by atoms with Crippen molar-refractivity contribution in [2.45, 2.75) is 19.5 Å². The van der Waals surface area contributed by atoms with Crippen LogP contribution >= 0.6 is 24.8 Å². The number of likely N-dealkylation sites (N-methyl/N-ethyl adjacent to an activating group) is 1. The van der Waals surface area contributed by atoms with Gasteiger partial charge < -0.3 is 20.9 Å². The first-order valence-corrected chi connectivity index (χ1v) is 9.11. The zero-order valence-electron chi connectivity index (χ0n) is 16.6. The van der Waals surface area contributed by atoms with E-state index in [2.05, 4.69) is 26.1 Å². The molecular weight excluding hydrogens is 415 g/mol. The van der Waals surface area contributed by atoms with Crippen molar-refractivity contribution in [2.75, 3.05) is 33.7 Å². The summed E-state index contributed by atoms with van der Waals surface area (Å²) in [6, 6.07) is 7.24. The zero-order chi connectivity index (χ0) is 19.2. The van der Waals surface area contributed by atoms with Gasteiger partial charge in [0.05, 0.1) is 0 Å². The summed E-state index contributed by atoms with van der Waals surface area (Å²) < 4.78 is 0. The van der Waals surface area contributed by atoms with Crippen LogP contribution in [-0.2, 0) is 19.5 Å². The number of halogens is 2. The molecule has 0 fully saturated rings. The lowest BCUT2D eigenvalue weighted by Crippen LogP contribution is -2.31. The second kappa shape index (κ2) is 11.8. The van der Waals surface area contributed by atoms with E-state index in [9.17, 15) is 9.59 Å². The van der Waals surface area contributed by atoms with Crippen molar-refractivity contribution in [1.82, 2.24) is 31.0 Å². The number of benzene rings is 1. The average Bonchev–Trinajstić information content (AvgIpc) is 3.10. The number of rotatable bonds is 7. The van der Waals surface area contributed by atoms with Gasteiger partial charge >= 0.3 is 0 Å². The lowest BCUT2D eigenvalue weighted by Gasteiger charge is -2.13. The molecular formula is C19H28Cl2N6O2. The minimum Gasteiger partial charge on any atom is -0.351 e. The van der Waals surface area contributed by atoms with Crippen molar-refractivity contribution in [3.8, 4) is 0 Å². The molecule has 1 aliphatic rings. The molecule has 0 spiro atoms. The van der Waals surface area contributed by atoms with Crippen LogP contribution in [-0.4, -0.2) is 60.6 Å². The van der Waals surface area contributed by atoms with Crippen molar-refractivity contribution in [3.05, 3.63) is 52.3 Å². The van der Waals surface area contributed by atoms with Crippen LogP contribution in [0.25, 0.3) is 0 Å². The van der Waals surface area contributed by atoms with Gasteiger partial charge in [-0.3, -0.25) is 14.7 Å². The van der Waals surface area contributed by atoms with Crippen LogP contribution < -0.4 is 16.0 Å². The molecule has 0 saturated heterocycles.